The molecule has 1 aromatic carbocycles. The third kappa shape index (κ3) is 2.92. The number of rotatable bonds is 3. The summed E-state index contributed by atoms with van der Waals surface area (Å²) < 4.78 is 59.6. The van der Waals surface area contributed by atoms with Crippen molar-refractivity contribution >= 4 is 15.5 Å². The summed E-state index contributed by atoms with van der Waals surface area (Å²) in [6, 6.07) is 5.03. The first-order valence-electron chi connectivity index (χ1n) is 6.40. The van der Waals surface area contributed by atoms with Crippen LogP contribution in [0.4, 0.5) is 18.9 Å². The Balaban J connectivity index is 2.15. The fourth-order valence-electron chi connectivity index (χ4n) is 2.44. The lowest BCUT2D eigenvalue weighted by Crippen LogP contribution is -2.23. The third-order valence-corrected chi connectivity index (χ3v) is 5.19. The molecule has 1 fully saturated rings. The molecule has 1 N–H and O–H groups in total. The normalized spacial score (nSPS) is 23.8. The number of halogens is 3. The van der Waals surface area contributed by atoms with Gasteiger partial charge >= 0.3 is 5.51 Å². The lowest BCUT2D eigenvalue weighted by atomic mass is 10.1. The Morgan fingerprint density at radius 2 is 1.75 bits per heavy atom. The highest BCUT2D eigenvalue weighted by atomic mass is 32.2. The molecular weight excluding hydrogens is 291 g/mol. The Kier molecular flexibility index (Phi) is 4.00. The second-order valence-electron chi connectivity index (χ2n) is 5.13. The number of alkyl halides is 3. The van der Waals surface area contributed by atoms with E-state index in [0.717, 1.165) is 31.4 Å². The fourth-order valence-corrected chi connectivity index (χ4v) is 3.20. The molecule has 1 saturated carbocycles. The topological polar surface area (TPSA) is 46.2 Å². The zero-order valence-electron chi connectivity index (χ0n) is 10.9. The third-order valence-electron chi connectivity index (χ3n) is 3.68. The quantitative estimate of drug-likeness (QED) is 0.928. The molecule has 1 aromatic rings. The van der Waals surface area contributed by atoms with Gasteiger partial charge in [-0.15, -0.1) is 0 Å². The van der Waals surface area contributed by atoms with Gasteiger partial charge in [-0.3, -0.25) is 0 Å². The second-order valence-corrected chi connectivity index (χ2v) is 7.07. The molecule has 3 nitrogen and oxygen atoms in total. The molecule has 1 aliphatic carbocycles. The molecule has 0 heterocycles. The minimum absolute atomic E-state index is 0.292. The molecule has 0 bridgehead atoms. The monoisotopic (exact) mass is 307 g/mol. The van der Waals surface area contributed by atoms with Gasteiger partial charge in [0.25, 0.3) is 9.84 Å². The predicted molar refractivity (Wildman–Crippen MR) is 70.1 cm³/mol. The summed E-state index contributed by atoms with van der Waals surface area (Å²) in [6.45, 7) is 2.12. The summed E-state index contributed by atoms with van der Waals surface area (Å²) in [5, 5.41) is 3.23. The molecule has 2 rings (SSSR count). The maximum Gasteiger partial charge on any atom is 0.501 e. The smallest absolute Gasteiger partial charge is 0.382 e. The van der Waals surface area contributed by atoms with Gasteiger partial charge < -0.3 is 5.32 Å². The van der Waals surface area contributed by atoms with E-state index in [0.29, 0.717) is 17.6 Å². The minimum Gasteiger partial charge on any atom is -0.382 e. The SMILES string of the molecule is CC1CCCC1Nc1ccc(S(=O)(=O)C(F)(F)F)cc1. The Morgan fingerprint density at radius 3 is 2.20 bits per heavy atom. The van der Waals surface area contributed by atoms with Gasteiger partial charge in [-0.05, 0) is 43.0 Å². The van der Waals surface area contributed by atoms with Crippen molar-refractivity contribution in [1.29, 1.82) is 0 Å². The lowest BCUT2D eigenvalue weighted by Gasteiger charge is -2.19. The van der Waals surface area contributed by atoms with E-state index in [1.54, 1.807) is 0 Å². The maximum atomic E-state index is 12.4. The Labute approximate surface area is 116 Å². The molecule has 0 aromatic heterocycles. The second kappa shape index (κ2) is 5.27. The predicted octanol–water partition coefficient (Wildman–Crippen LogP) is 3.58. The van der Waals surface area contributed by atoms with E-state index in [-0.39, 0.29) is 0 Å². The van der Waals surface area contributed by atoms with Crippen molar-refractivity contribution in [2.24, 2.45) is 5.92 Å². The highest BCUT2D eigenvalue weighted by Crippen LogP contribution is 2.32. The summed E-state index contributed by atoms with van der Waals surface area (Å²) in [5.41, 5.74) is -4.62. The molecule has 0 aliphatic heterocycles. The van der Waals surface area contributed by atoms with E-state index in [9.17, 15) is 21.6 Å². The molecule has 7 heteroatoms. The van der Waals surface area contributed by atoms with Crippen LogP contribution in [0.15, 0.2) is 29.2 Å². The number of hydrogen-bond donors (Lipinski definition) is 1. The zero-order valence-corrected chi connectivity index (χ0v) is 11.8. The van der Waals surface area contributed by atoms with Crippen LogP contribution in [0.2, 0.25) is 0 Å². The van der Waals surface area contributed by atoms with Gasteiger partial charge in [-0.2, -0.15) is 13.2 Å². The number of hydrogen-bond acceptors (Lipinski definition) is 3. The summed E-state index contributed by atoms with van der Waals surface area (Å²) in [7, 11) is -5.26. The van der Waals surface area contributed by atoms with Gasteiger partial charge in [-0.1, -0.05) is 13.3 Å². The van der Waals surface area contributed by atoms with E-state index in [1.807, 2.05) is 0 Å². The van der Waals surface area contributed by atoms with Gasteiger partial charge in [0.15, 0.2) is 0 Å². The Hall–Kier alpha value is -1.24. The molecule has 20 heavy (non-hydrogen) atoms. The molecule has 0 spiro atoms. The Bertz CT molecular complexity index is 566. The van der Waals surface area contributed by atoms with Crippen LogP contribution in [-0.2, 0) is 9.84 Å². The van der Waals surface area contributed by atoms with Gasteiger partial charge in [0.1, 0.15) is 0 Å². The van der Waals surface area contributed by atoms with E-state index < -0.39 is 20.2 Å². The average molecular weight is 307 g/mol. The van der Waals surface area contributed by atoms with Crippen molar-refractivity contribution in [2.45, 2.75) is 42.6 Å². The van der Waals surface area contributed by atoms with Crippen molar-refractivity contribution in [3.05, 3.63) is 24.3 Å². The number of benzene rings is 1. The first-order chi connectivity index (χ1) is 9.22. The van der Waals surface area contributed by atoms with Crippen LogP contribution in [0.3, 0.4) is 0 Å². The van der Waals surface area contributed by atoms with Crippen LogP contribution < -0.4 is 5.32 Å². The number of sulfone groups is 1. The highest BCUT2D eigenvalue weighted by molar-refractivity contribution is 7.92. The first-order valence-corrected chi connectivity index (χ1v) is 7.88. The number of nitrogens with one attached hydrogen (secondary N) is 1. The molecule has 0 radical (unpaired) electrons. The summed E-state index contributed by atoms with van der Waals surface area (Å²) >= 11 is 0. The number of anilines is 1. The van der Waals surface area contributed by atoms with Crippen molar-refractivity contribution in [3.8, 4) is 0 Å². The van der Waals surface area contributed by atoms with Crippen molar-refractivity contribution in [3.63, 3.8) is 0 Å². The van der Waals surface area contributed by atoms with Gasteiger partial charge in [-0.25, -0.2) is 8.42 Å². The molecule has 2 atom stereocenters. The molecule has 1 aliphatic rings. The van der Waals surface area contributed by atoms with Crippen molar-refractivity contribution < 1.29 is 21.6 Å². The van der Waals surface area contributed by atoms with Crippen LogP contribution in [0.1, 0.15) is 26.2 Å². The van der Waals surface area contributed by atoms with Crippen LogP contribution >= 0.6 is 0 Å². The van der Waals surface area contributed by atoms with E-state index in [1.165, 1.54) is 12.1 Å². The highest BCUT2D eigenvalue weighted by Gasteiger charge is 2.46. The lowest BCUT2D eigenvalue weighted by molar-refractivity contribution is -0.0436. The van der Waals surface area contributed by atoms with Gasteiger partial charge in [0, 0.05) is 11.7 Å². The van der Waals surface area contributed by atoms with E-state index >= 15 is 0 Å². The van der Waals surface area contributed by atoms with Crippen LogP contribution in [0.5, 0.6) is 0 Å². The molecule has 2 unspecified atom stereocenters. The summed E-state index contributed by atoms with van der Waals surface area (Å²) in [5.74, 6) is 0.508. The van der Waals surface area contributed by atoms with Crippen LogP contribution in [0.25, 0.3) is 0 Å². The van der Waals surface area contributed by atoms with Crippen molar-refractivity contribution in [1.82, 2.24) is 0 Å². The fraction of sp³-hybridized carbons (Fsp3) is 0.538. The molecular formula is C13H16F3NO2S. The minimum atomic E-state index is -5.26. The summed E-state index contributed by atoms with van der Waals surface area (Å²) in [6.07, 6.45) is 3.27. The van der Waals surface area contributed by atoms with Gasteiger partial charge in [0.2, 0.25) is 0 Å². The largest absolute Gasteiger partial charge is 0.501 e. The van der Waals surface area contributed by atoms with Crippen LogP contribution in [-0.4, -0.2) is 20.0 Å². The van der Waals surface area contributed by atoms with E-state index in [2.05, 4.69) is 12.2 Å². The Morgan fingerprint density at radius 1 is 1.15 bits per heavy atom. The molecule has 0 saturated heterocycles. The van der Waals surface area contributed by atoms with E-state index in [4.69, 9.17) is 0 Å². The summed E-state index contributed by atoms with van der Waals surface area (Å²) in [4.78, 5) is -0.727. The maximum absolute atomic E-state index is 12.4. The zero-order chi connectivity index (χ0) is 15.0. The van der Waals surface area contributed by atoms with Crippen LogP contribution in [0, 0.1) is 5.92 Å². The standard InChI is InChI=1S/C13H16F3NO2S/c1-9-3-2-4-12(9)17-10-5-7-11(8-6-10)20(18,19)13(14,15)16/h5-9,12,17H,2-4H2,1H3. The molecule has 112 valence electrons. The van der Waals surface area contributed by atoms with Crippen molar-refractivity contribution in [2.75, 3.05) is 5.32 Å². The first kappa shape index (κ1) is 15.2. The van der Waals surface area contributed by atoms with Gasteiger partial charge in [0.05, 0.1) is 4.90 Å². The average Bonchev–Trinajstić information content (AvgIpc) is 2.74. The molecule has 0 amide bonds.